The minimum atomic E-state index is 0.0164. The van der Waals surface area contributed by atoms with E-state index in [1.807, 2.05) is 6.92 Å². The summed E-state index contributed by atoms with van der Waals surface area (Å²) in [6.07, 6.45) is 2.23. The molecule has 0 aromatic heterocycles. The lowest BCUT2D eigenvalue weighted by Gasteiger charge is -2.08. The molecule has 0 aromatic rings. The fourth-order valence-corrected chi connectivity index (χ4v) is 1.11. The Balaban J connectivity index is 2.02. The quantitative estimate of drug-likeness (QED) is 0.549. The number of nitrogens with one attached hydrogen (secondary N) is 3. The summed E-state index contributed by atoms with van der Waals surface area (Å²) in [5.41, 5.74) is 0. The molecule has 74 valence electrons. The summed E-state index contributed by atoms with van der Waals surface area (Å²) in [6.45, 7) is 3.00. The largest absolute Gasteiger partial charge is 0.363 e. The van der Waals surface area contributed by atoms with Crippen LogP contribution in [0.5, 0.6) is 0 Å². The molecule has 0 spiro atoms. The first-order chi connectivity index (χ1) is 6.22. The summed E-state index contributed by atoms with van der Waals surface area (Å²) in [4.78, 5) is 11.1. The summed E-state index contributed by atoms with van der Waals surface area (Å²) >= 11 is 4.90. The van der Waals surface area contributed by atoms with Crippen molar-refractivity contribution in [2.24, 2.45) is 0 Å². The van der Waals surface area contributed by atoms with Crippen LogP contribution in [0.1, 0.15) is 19.8 Å². The van der Waals surface area contributed by atoms with Gasteiger partial charge in [0.05, 0.1) is 6.54 Å². The molecular formula is C8H15N3OS. The zero-order chi connectivity index (χ0) is 9.68. The maximum absolute atomic E-state index is 11.1. The van der Waals surface area contributed by atoms with E-state index < -0.39 is 0 Å². The highest BCUT2D eigenvalue weighted by molar-refractivity contribution is 7.80. The summed E-state index contributed by atoms with van der Waals surface area (Å²) in [5.74, 6) is 0.0164. The molecule has 0 bridgehead atoms. The molecule has 1 saturated carbocycles. The van der Waals surface area contributed by atoms with E-state index in [2.05, 4.69) is 16.0 Å². The molecule has 0 saturated heterocycles. The van der Waals surface area contributed by atoms with Crippen molar-refractivity contribution in [2.75, 3.05) is 13.1 Å². The fourth-order valence-electron chi connectivity index (χ4n) is 0.890. The highest BCUT2D eigenvalue weighted by Crippen LogP contribution is 2.17. The SMILES string of the molecule is CCNC(=S)NCC(=O)NC1CC1. The molecule has 1 amide bonds. The molecule has 1 rings (SSSR count). The average Bonchev–Trinajstić information content (AvgIpc) is 2.85. The molecule has 1 fully saturated rings. The van der Waals surface area contributed by atoms with E-state index in [1.165, 1.54) is 0 Å². The van der Waals surface area contributed by atoms with Gasteiger partial charge in [-0.3, -0.25) is 4.79 Å². The highest BCUT2D eigenvalue weighted by atomic mass is 32.1. The van der Waals surface area contributed by atoms with E-state index in [9.17, 15) is 4.79 Å². The Morgan fingerprint density at radius 1 is 1.46 bits per heavy atom. The molecule has 1 aliphatic carbocycles. The van der Waals surface area contributed by atoms with Crippen molar-refractivity contribution in [3.63, 3.8) is 0 Å². The monoisotopic (exact) mass is 201 g/mol. The Morgan fingerprint density at radius 3 is 2.69 bits per heavy atom. The van der Waals surface area contributed by atoms with Gasteiger partial charge in [0.25, 0.3) is 0 Å². The second-order valence-corrected chi connectivity index (χ2v) is 3.46. The predicted octanol–water partition coefficient (Wildman–Crippen LogP) is -0.251. The fraction of sp³-hybridized carbons (Fsp3) is 0.750. The molecule has 0 heterocycles. The van der Waals surface area contributed by atoms with Crippen LogP contribution in [0.3, 0.4) is 0 Å². The van der Waals surface area contributed by atoms with Crippen LogP contribution in [0.15, 0.2) is 0 Å². The van der Waals surface area contributed by atoms with Gasteiger partial charge in [0.15, 0.2) is 5.11 Å². The van der Waals surface area contributed by atoms with Gasteiger partial charge in [-0.15, -0.1) is 0 Å². The van der Waals surface area contributed by atoms with Gasteiger partial charge < -0.3 is 16.0 Å². The Morgan fingerprint density at radius 2 is 2.15 bits per heavy atom. The molecule has 5 heteroatoms. The van der Waals surface area contributed by atoms with E-state index in [4.69, 9.17) is 12.2 Å². The second-order valence-electron chi connectivity index (χ2n) is 3.05. The molecule has 3 N–H and O–H groups in total. The van der Waals surface area contributed by atoms with E-state index in [0.717, 1.165) is 19.4 Å². The highest BCUT2D eigenvalue weighted by Gasteiger charge is 2.22. The number of rotatable bonds is 4. The zero-order valence-corrected chi connectivity index (χ0v) is 8.54. The lowest BCUT2D eigenvalue weighted by Crippen LogP contribution is -2.42. The van der Waals surface area contributed by atoms with Gasteiger partial charge in [0.1, 0.15) is 0 Å². The normalized spacial score (nSPS) is 14.8. The average molecular weight is 201 g/mol. The lowest BCUT2D eigenvalue weighted by atomic mass is 10.5. The van der Waals surface area contributed by atoms with E-state index >= 15 is 0 Å². The number of carbonyl (C=O) groups is 1. The molecule has 0 atom stereocenters. The van der Waals surface area contributed by atoms with Crippen LogP contribution >= 0.6 is 12.2 Å². The smallest absolute Gasteiger partial charge is 0.239 e. The van der Waals surface area contributed by atoms with Gasteiger partial charge >= 0.3 is 0 Å². The maximum Gasteiger partial charge on any atom is 0.239 e. The minimum absolute atomic E-state index is 0.0164. The second kappa shape index (κ2) is 5.01. The van der Waals surface area contributed by atoms with Crippen molar-refractivity contribution < 1.29 is 4.79 Å². The summed E-state index contributed by atoms with van der Waals surface area (Å²) in [5, 5.41) is 9.13. The molecular weight excluding hydrogens is 186 g/mol. The van der Waals surface area contributed by atoms with Crippen LogP contribution in [-0.4, -0.2) is 30.2 Å². The van der Waals surface area contributed by atoms with E-state index in [-0.39, 0.29) is 12.5 Å². The van der Waals surface area contributed by atoms with Crippen LogP contribution in [0.4, 0.5) is 0 Å². The predicted molar refractivity (Wildman–Crippen MR) is 55.4 cm³/mol. The van der Waals surface area contributed by atoms with Gasteiger partial charge in [-0.2, -0.15) is 0 Å². The third-order valence-corrected chi connectivity index (χ3v) is 1.98. The number of thiocarbonyl (C=S) groups is 1. The van der Waals surface area contributed by atoms with Crippen LogP contribution < -0.4 is 16.0 Å². The molecule has 0 aromatic carbocycles. The Bertz CT molecular complexity index is 204. The first kappa shape index (κ1) is 10.2. The van der Waals surface area contributed by atoms with Crippen LogP contribution in [-0.2, 0) is 4.79 Å². The molecule has 1 aliphatic rings. The van der Waals surface area contributed by atoms with Crippen LogP contribution in [0, 0.1) is 0 Å². The van der Waals surface area contributed by atoms with Crippen molar-refractivity contribution in [3.05, 3.63) is 0 Å². The van der Waals surface area contributed by atoms with E-state index in [0.29, 0.717) is 11.2 Å². The first-order valence-electron chi connectivity index (χ1n) is 4.53. The van der Waals surface area contributed by atoms with Crippen molar-refractivity contribution in [1.82, 2.24) is 16.0 Å². The van der Waals surface area contributed by atoms with Gasteiger partial charge in [-0.1, -0.05) is 0 Å². The molecule has 0 unspecified atom stereocenters. The summed E-state index contributed by atoms with van der Waals surface area (Å²) < 4.78 is 0. The third kappa shape index (κ3) is 4.67. The summed E-state index contributed by atoms with van der Waals surface area (Å²) in [7, 11) is 0. The first-order valence-corrected chi connectivity index (χ1v) is 4.94. The third-order valence-electron chi connectivity index (χ3n) is 1.69. The topological polar surface area (TPSA) is 53.2 Å². The van der Waals surface area contributed by atoms with Gasteiger partial charge in [0.2, 0.25) is 5.91 Å². The molecule has 0 aliphatic heterocycles. The van der Waals surface area contributed by atoms with Crippen molar-refractivity contribution >= 4 is 23.2 Å². The van der Waals surface area contributed by atoms with Crippen molar-refractivity contribution in [3.8, 4) is 0 Å². The number of carbonyl (C=O) groups excluding carboxylic acids is 1. The van der Waals surface area contributed by atoms with Crippen LogP contribution in [0.25, 0.3) is 0 Å². The Labute approximate surface area is 83.5 Å². The summed E-state index contributed by atoms with van der Waals surface area (Å²) in [6, 6.07) is 0.419. The van der Waals surface area contributed by atoms with Gasteiger partial charge in [0, 0.05) is 12.6 Å². The zero-order valence-electron chi connectivity index (χ0n) is 7.72. The van der Waals surface area contributed by atoms with Crippen LogP contribution in [0.2, 0.25) is 0 Å². The lowest BCUT2D eigenvalue weighted by molar-refractivity contribution is -0.120. The van der Waals surface area contributed by atoms with E-state index in [1.54, 1.807) is 0 Å². The molecule has 0 radical (unpaired) electrons. The Hall–Kier alpha value is -0.840. The van der Waals surface area contributed by atoms with Gasteiger partial charge in [-0.05, 0) is 32.0 Å². The number of hydrogen-bond donors (Lipinski definition) is 3. The molecule has 4 nitrogen and oxygen atoms in total. The van der Waals surface area contributed by atoms with Gasteiger partial charge in [-0.25, -0.2) is 0 Å². The number of hydrogen-bond acceptors (Lipinski definition) is 2. The Kier molecular flexibility index (Phi) is 3.95. The van der Waals surface area contributed by atoms with Crippen molar-refractivity contribution in [2.45, 2.75) is 25.8 Å². The van der Waals surface area contributed by atoms with Crippen molar-refractivity contribution in [1.29, 1.82) is 0 Å². The maximum atomic E-state index is 11.1. The standard InChI is InChI=1S/C8H15N3OS/c1-2-9-8(13)10-5-7(12)11-6-3-4-6/h6H,2-5H2,1H3,(H,11,12)(H2,9,10,13). The minimum Gasteiger partial charge on any atom is -0.363 e. The number of amides is 1. The molecule has 13 heavy (non-hydrogen) atoms.